The number of rotatable bonds is 2. The van der Waals surface area contributed by atoms with Gasteiger partial charge >= 0.3 is 5.97 Å². The van der Waals surface area contributed by atoms with E-state index in [2.05, 4.69) is 28.6 Å². The third kappa shape index (κ3) is 1.86. The molecule has 1 aromatic carbocycles. The lowest BCUT2D eigenvalue weighted by Gasteiger charge is -2.01. The summed E-state index contributed by atoms with van der Waals surface area (Å²) in [4.78, 5) is 15.1. The molecule has 0 bridgehead atoms. The second-order valence-corrected chi connectivity index (χ2v) is 4.86. The van der Waals surface area contributed by atoms with Gasteiger partial charge in [0, 0.05) is 30.4 Å². The Labute approximate surface area is 116 Å². The zero-order valence-corrected chi connectivity index (χ0v) is 11.3. The first-order valence-electron chi connectivity index (χ1n) is 6.32. The SMILES string of the molecule is Cc1cccc2c(-c3ccc(C(=O)O)cn3)cn(C)c12. The molecule has 3 rings (SSSR count). The van der Waals surface area contributed by atoms with Crippen LogP contribution in [-0.4, -0.2) is 20.6 Å². The molecule has 0 saturated heterocycles. The number of carbonyl (C=O) groups is 1. The molecule has 0 atom stereocenters. The summed E-state index contributed by atoms with van der Waals surface area (Å²) in [6.07, 6.45) is 3.42. The first-order chi connectivity index (χ1) is 9.58. The van der Waals surface area contributed by atoms with Crippen LogP contribution in [0.15, 0.2) is 42.7 Å². The molecule has 2 heterocycles. The normalized spacial score (nSPS) is 10.9. The van der Waals surface area contributed by atoms with Gasteiger partial charge in [-0.25, -0.2) is 4.79 Å². The van der Waals surface area contributed by atoms with Gasteiger partial charge in [-0.05, 0) is 24.6 Å². The number of aryl methyl sites for hydroxylation is 2. The lowest BCUT2D eigenvalue weighted by Crippen LogP contribution is -1.96. The van der Waals surface area contributed by atoms with E-state index < -0.39 is 5.97 Å². The third-order valence-corrected chi connectivity index (χ3v) is 3.49. The van der Waals surface area contributed by atoms with Gasteiger partial charge in [0.25, 0.3) is 0 Å². The number of aromatic carboxylic acids is 1. The fraction of sp³-hybridized carbons (Fsp3) is 0.125. The molecule has 1 N–H and O–H groups in total. The highest BCUT2D eigenvalue weighted by atomic mass is 16.4. The van der Waals surface area contributed by atoms with E-state index in [9.17, 15) is 4.79 Å². The van der Waals surface area contributed by atoms with E-state index >= 15 is 0 Å². The molecule has 0 radical (unpaired) electrons. The maximum absolute atomic E-state index is 10.9. The molecule has 0 unspecified atom stereocenters. The van der Waals surface area contributed by atoms with E-state index in [0.29, 0.717) is 0 Å². The molecule has 0 spiro atoms. The summed E-state index contributed by atoms with van der Waals surface area (Å²) in [7, 11) is 2.00. The van der Waals surface area contributed by atoms with Gasteiger partial charge in [0.2, 0.25) is 0 Å². The summed E-state index contributed by atoms with van der Waals surface area (Å²) < 4.78 is 2.08. The van der Waals surface area contributed by atoms with Gasteiger partial charge < -0.3 is 9.67 Å². The van der Waals surface area contributed by atoms with Crippen molar-refractivity contribution in [3.05, 3.63) is 53.9 Å². The Morgan fingerprint density at radius 1 is 1.25 bits per heavy atom. The van der Waals surface area contributed by atoms with Crippen molar-refractivity contribution in [1.82, 2.24) is 9.55 Å². The van der Waals surface area contributed by atoms with Crippen LogP contribution in [0, 0.1) is 6.92 Å². The molecular formula is C16H14N2O2. The van der Waals surface area contributed by atoms with Crippen LogP contribution in [0.4, 0.5) is 0 Å². The number of para-hydroxylation sites is 1. The summed E-state index contributed by atoms with van der Waals surface area (Å²) in [6.45, 7) is 2.08. The summed E-state index contributed by atoms with van der Waals surface area (Å²) in [5.41, 5.74) is 4.38. The first kappa shape index (κ1) is 12.4. The van der Waals surface area contributed by atoms with Crippen LogP contribution in [0.1, 0.15) is 15.9 Å². The van der Waals surface area contributed by atoms with Crippen LogP contribution in [0.2, 0.25) is 0 Å². The Balaban J connectivity index is 2.20. The molecule has 3 aromatic rings. The van der Waals surface area contributed by atoms with E-state index in [4.69, 9.17) is 5.11 Å². The van der Waals surface area contributed by atoms with E-state index in [1.165, 1.54) is 17.3 Å². The summed E-state index contributed by atoms with van der Waals surface area (Å²) >= 11 is 0. The number of hydrogen-bond acceptors (Lipinski definition) is 2. The van der Waals surface area contributed by atoms with Crippen molar-refractivity contribution in [2.24, 2.45) is 7.05 Å². The number of hydrogen-bond donors (Lipinski definition) is 1. The second-order valence-electron chi connectivity index (χ2n) is 4.86. The minimum atomic E-state index is -0.960. The van der Waals surface area contributed by atoms with Crippen LogP contribution in [0.25, 0.3) is 22.2 Å². The smallest absolute Gasteiger partial charge is 0.337 e. The van der Waals surface area contributed by atoms with Crippen LogP contribution >= 0.6 is 0 Å². The van der Waals surface area contributed by atoms with Crippen LogP contribution < -0.4 is 0 Å². The Kier molecular flexibility index (Phi) is 2.79. The molecule has 20 heavy (non-hydrogen) atoms. The van der Waals surface area contributed by atoms with E-state index in [-0.39, 0.29) is 5.56 Å². The summed E-state index contributed by atoms with van der Waals surface area (Å²) in [5, 5.41) is 10.0. The zero-order chi connectivity index (χ0) is 14.3. The van der Waals surface area contributed by atoms with E-state index in [0.717, 1.165) is 16.6 Å². The number of fused-ring (bicyclic) bond motifs is 1. The lowest BCUT2D eigenvalue weighted by atomic mass is 10.1. The number of benzene rings is 1. The number of aromatic nitrogens is 2. The monoisotopic (exact) mass is 266 g/mol. The minimum absolute atomic E-state index is 0.199. The number of carboxylic acid groups (broad SMARTS) is 1. The molecule has 4 nitrogen and oxygen atoms in total. The van der Waals surface area contributed by atoms with Gasteiger partial charge in [-0.1, -0.05) is 18.2 Å². The molecule has 0 aliphatic heterocycles. The molecule has 2 aromatic heterocycles. The number of carboxylic acids is 1. The standard InChI is InChI=1S/C16H14N2O2/c1-10-4-3-5-12-13(9-18(2)15(10)12)14-7-6-11(8-17-14)16(19)20/h3-9H,1-2H3,(H,19,20). The van der Waals surface area contributed by atoms with Crippen molar-refractivity contribution < 1.29 is 9.90 Å². The van der Waals surface area contributed by atoms with Crippen LogP contribution in [0.3, 0.4) is 0 Å². The Bertz CT molecular complexity index is 801. The van der Waals surface area contributed by atoms with Crippen LogP contribution in [0.5, 0.6) is 0 Å². The first-order valence-corrected chi connectivity index (χ1v) is 6.32. The van der Waals surface area contributed by atoms with Gasteiger partial charge in [-0.2, -0.15) is 0 Å². The van der Waals surface area contributed by atoms with Crippen molar-refractivity contribution in [3.63, 3.8) is 0 Å². The third-order valence-electron chi connectivity index (χ3n) is 3.49. The molecule has 0 aliphatic rings. The highest BCUT2D eigenvalue weighted by Crippen LogP contribution is 2.30. The van der Waals surface area contributed by atoms with Gasteiger partial charge in [0.1, 0.15) is 0 Å². The Morgan fingerprint density at radius 3 is 2.70 bits per heavy atom. The molecule has 4 heteroatoms. The van der Waals surface area contributed by atoms with E-state index in [1.807, 2.05) is 19.3 Å². The Hall–Kier alpha value is -2.62. The highest BCUT2D eigenvalue weighted by molar-refractivity contribution is 5.97. The molecule has 0 fully saturated rings. The quantitative estimate of drug-likeness (QED) is 0.774. The average Bonchev–Trinajstić information content (AvgIpc) is 2.77. The number of nitrogens with zero attached hydrogens (tertiary/aromatic N) is 2. The predicted octanol–water partition coefficient (Wildman–Crippen LogP) is 3.25. The Morgan fingerprint density at radius 2 is 2.05 bits per heavy atom. The van der Waals surface area contributed by atoms with Gasteiger partial charge in [-0.3, -0.25) is 4.98 Å². The number of pyridine rings is 1. The average molecular weight is 266 g/mol. The van der Waals surface area contributed by atoms with Crippen molar-refractivity contribution in [2.75, 3.05) is 0 Å². The molecule has 0 amide bonds. The fourth-order valence-electron chi connectivity index (χ4n) is 2.56. The van der Waals surface area contributed by atoms with Crippen molar-refractivity contribution in [3.8, 4) is 11.3 Å². The predicted molar refractivity (Wildman–Crippen MR) is 77.8 cm³/mol. The molecule has 0 saturated carbocycles. The molecule has 100 valence electrons. The summed E-state index contributed by atoms with van der Waals surface area (Å²) in [5.74, 6) is -0.960. The highest BCUT2D eigenvalue weighted by Gasteiger charge is 2.12. The van der Waals surface area contributed by atoms with Gasteiger partial charge in [0.15, 0.2) is 0 Å². The van der Waals surface area contributed by atoms with Crippen LogP contribution in [-0.2, 0) is 7.05 Å². The largest absolute Gasteiger partial charge is 0.478 e. The van der Waals surface area contributed by atoms with Crippen molar-refractivity contribution >= 4 is 16.9 Å². The lowest BCUT2D eigenvalue weighted by molar-refractivity contribution is 0.0696. The maximum atomic E-state index is 10.9. The zero-order valence-electron chi connectivity index (χ0n) is 11.3. The molecular weight excluding hydrogens is 252 g/mol. The minimum Gasteiger partial charge on any atom is -0.478 e. The summed E-state index contributed by atoms with van der Waals surface area (Å²) in [6, 6.07) is 9.49. The van der Waals surface area contributed by atoms with Crippen molar-refractivity contribution in [2.45, 2.75) is 6.92 Å². The van der Waals surface area contributed by atoms with Crippen molar-refractivity contribution in [1.29, 1.82) is 0 Å². The topological polar surface area (TPSA) is 55.1 Å². The maximum Gasteiger partial charge on any atom is 0.337 e. The molecule has 0 aliphatic carbocycles. The van der Waals surface area contributed by atoms with Gasteiger partial charge in [0.05, 0.1) is 16.8 Å². The van der Waals surface area contributed by atoms with E-state index in [1.54, 1.807) is 12.1 Å². The second kappa shape index (κ2) is 4.49. The fourth-order valence-corrected chi connectivity index (χ4v) is 2.56. The van der Waals surface area contributed by atoms with Gasteiger partial charge in [-0.15, -0.1) is 0 Å².